The Hall–Kier alpha value is -1.49. The van der Waals surface area contributed by atoms with Gasteiger partial charge in [-0.05, 0) is 6.07 Å². The van der Waals surface area contributed by atoms with Crippen molar-refractivity contribution in [3.8, 4) is 0 Å². The molecule has 64 valence electrons. The first-order valence-corrected chi connectivity index (χ1v) is 3.19. The molecular weight excluding hydrogens is 165 g/mol. The van der Waals surface area contributed by atoms with Crippen LogP contribution in [0.2, 0.25) is 0 Å². The number of nitro benzene ring substituents is 1. The van der Waals surface area contributed by atoms with Crippen molar-refractivity contribution in [2.45, 2.75) is 6.61 Å². The monoisotopic (exact) mass is 171 g/mol. The minimum atomic E-state index is -0.758. The Morgan fingerprint density at radius 3 is 2.67 bits per heavy atom. The van der Waals surface area contributed by atoms with E-state index in [-0.39, 0.29) is 11.3 Å². The second kappa shape index (κ2) is 3.27. The number of aliphatic hydroxyl groups is 1. The van der Waals surface area contributed by atoms with Crippen LogP contribution in [0.1, 0.15) is 5.56 Å². The van der Waals surface area contributed by atoms with Gasteiger partial charge >= 0.3 is 0 Å². The fourth-order valence-corrected chi connectivity index (χ4v) is 0.778. The van der Waals surface area contributed by atoms with Crippen LogP contribution < -0.4 is 0 Å². The molecule has 0 aliphatic rings. The van der Waals surface area contributed by atoms with Gasteiger partial charge in [0.2, 0.25) is 0 Å². The van der Waals surface area contributed by atoms with Crippen molar-refractivity contribution in [3.05, 3.63) is 39.7 Å². The predicted molar refractivity (Wildman–Crippen MR) is 39.0 cm³/mol. The maximum absolute atomic E-state index is 12.7. The van der Waals surface area contributed by atoms with Crippen molar-refractivity contribution in [2.24, 2.45) is 0 Å². The third-order valence-corrected chi connectivity index (χ3v) is 1.42. The van der Waals surface area contributed by atoms with Gasteiger partial charge in [0, 0.05) is 11.6 Å². The smallest absolute Gasteiger partial charge is 0.272 e. The van der Waals surface area contributed by atoms with Crippen molar-refractivity contribution >= 4 is 5.69 Å². The number of benzene rings is 1. The summed E-state index contributed by atoms with van der Waals surface area (Å²) in [4.78, 5) is 9.44. The quantitative estimate of drug-likeness (QED) is 0.537. The van der Waals surface area contributed by atoms with Crippen molar-refractivity contribution in [2.75, 3.05) is 0 Å². The van der Waals surface area contributed by atoms with Crippen LogP contribution in [0.3, 0.4) is 0 Å². The summed E-state index contributed by atoms with van der Waals surface area (Å²) in [6.45, 7) is -0.455. The van der Waals surface area contributed by atoms with E-state index in [0.717, 1.165) is 12.1 Å². The first-order chi connectivity index (χ1) is 5.65. The summed E-state index contributed by atoms with van der Waals surface area (Å²) >= 11 is 0. The van der Waals surface area contributed by atoms with E-state index in [9.17, 15) is 14.5 Å². The van der Waals surface area contributed by atoms with Gasteiger partial charge in [-0.15, -0.1) is 0 Å². The zero-order chi connectivity index (χ0) is 9.14. The van der Waals surface area contributed by atoms with Crippen LogP contribution in [0.4, 0.5) is 10.1 Å². The summed E-state index contributed by atoms with van der Waals surface area (Å²) < 4.78 is 12.7. The lowest BCUT2D eigenvalue weighted by Gasteiger charge is -1.97. The molecule has 0 aromatic heterocycles. The zero-order valence-corrected chi connectivity index (χ0v) is 6.03. The molecule has 12 heavy (non-hydrogen) atoms. The van der Waals surface area contributed by atoms with Crippen LogP contribution in [0.5, 0.6) is 0 Å². The van der Waals surface area contributed by atoms with Crippen LogP contribution in [0, 0.1) is 15.9 Å². The summed E-state index contributed by atoms with van der Waals surface area (Å²) in [6.07, 6.45) is 0. The van der Waals surface area contributed by atoms with Gasteiger partial charge in [0.05, 0.1) is 17.6 Å². The molecular formula is C7H6FNO3. The summed E-state index contributed by atoms with van der Waals surface area (Å²) in [5.41, 5.74) is -0.259. The van der Waals surface area contributed by atoms with Gasteiger partial charge in [-0.3, -0.25) is 10.1 Å². The molecule has 0 atom stereocenters. The number of aliphatic hydroxyl groups excluding tert-OH is 1. The minimum Gasteiger partial charge on any atom is -0.392 e. The molecule has 1 N–H and O–H groups in total. The Balaban J connectivity index is 3.10. The summed E-state index contributed by atoms with van der Waals surface area (Å²) in [5.74, 6) is -0.758. The third kappa shape index (κ3) is 1.57. The molecule has 0 heterocycles. The third-order valence-electron chi connectivity index (χ3n) is 1.42. The van der Waals surface area contributed by atoms with E-state index in [1.807, 2.05) is 0 Å². The Kier molecular flexibility index (Phi) is 2.35. The molecule has 0 saturated heterocycles. The summed E-state index contributed by atoms with van der Waals surface area (Å²) in [6, 6.07) is 3.12. The van der Waals surface area contributed by atoms with E-state index in [0.29, 0.717) is 0 Å². The number of hydrogen-bond donors (Lipinski definition) is 1. The summed E-state index contributed by atoms with van der Waals surface area (Å²) in [5, 5.41) is 18.7. The molecule has 0 spiro atoms. The normalized spacial score (nSPS) is 9.83. The largest absolute Gasteiger partial charge is 0.392 e. The molecule has 5 heteroatoms. The molecule has 0 aliphatic heterocycles. The number of halogens is 1. The van der Waals surface area contributed by atoms with Gasteiger partial charge in [-0.2, -0.15) is 0 Å². The van der Waals surface area contributed by atoms with Gasteiger partial charge in [-0.25, -0.2) is 4.39 Å². The van der Waals surface area contributed by atoms with Gasteiger partial charge in [-0.1, -0.05) is 0 Å². The van der Waals surface area contributed by atoms with Crippen LogP contribution in [-0.2, 0) is 6.61 Å². The van der Waals surface area contributed by atoms with Crippen LogP contribution in [-0.4, -0.2) is 10.0 Å². The maximum Gasteiger partial charge on any atom is 0.272 e. The molecule has 4 nitrogen and oxygen atoms in total. The molecule has 0 fully saturated rings. The highest BCUT2D eigenvalue weighted by atomic mass is 19.1. The van der Waals surface area contributed by atoms with Gasteiger partial charge in [0.15, 0.2) is 0 Å². The van der Waals surface area contributed by atoms with Gasteiger partial charge in [0.25, 0.3) is 5.69 Å². The molecule has 0 bridgehead atoms. The van der Waals surface area contributed by atoms with Crippen molar-refractivity contribution in [1.82, 2.24) is 0 Å². The fourth-order valence-electron chi connectivity index (χ4n) is 0.778. The van der Waals surface area contributed by atoms with E-state index >= 15 is 0 Å². The zero-order valence-electron chi connectivity index (χ0n) is 6.03. The fraction of sp³-hybridized carbons (Fsp3) is 0.143. The number of hydrogen-bond acceptors (Lipinski definition) is 3. The molecule has 0 unspecified atom stereocenters. The number of rotatable bonds is 2. The highest BCUT2D eigenvalue weighted by Gasteiger charge is 2.09. The van der Waals surface area contributed by atoms with Crippen LogP contribution in [0.25, 0.3) is 0 Å². The summed E-state index contributed by atoms with van der Waals surface area (Å²) in [7, 11) is 0. The van der Waals surface area contributed by atoms with Crippen LogP contribution >= 0.6 is 0 Å². The topological polar surface area (TPSA) is 63.4 Å². The Labute approximate surface area is 67.4 Å². The average Bonchev–Trinajstić information content (AvgIpc) is 2.04. The van der Waals surface area contributed by atoms with E-state index in [1.165, 1.54) is 6.07 Å². The molecule has 0 radical (unpaired) electrons. The van der Waals surface area contributed by atoms with Crippen LogP contribution in [0.15, 0.2) is 18.2 Å². The molecule has 1 rings (SSSR count). The highest BCUT2D eigenvalue weighted by Crippen LogP contribution is 2.15. The lowest BCUT2D eigenvalue weighted by molar-refractivity contribution is -0.385. The Morgan fingerprint density at radius 2 is 2.25 bits per heavy atom. The molecule has 1 aromatic carbocycles. The lowest BCUT2D eigenvalue weighted by atomic mass is 10.2. The van der Waals surface area contributed by atoms with E-state index in [2.05, 4.69) is 0 Å². The van der Waals surface area contributed by atoms with Gasteiger partial charge < -0.3 is 5.11 Å². The second-order valence-electron chi connectivity index (χ2n) is 2.19. The van der Waals surface area contributed by atoms with Crippen molar-refractivity contribution in [1.29, 1.82) is 0 Å². The Morgan fingerprint density at radius 1 is 1.58 bits per heavy atom. The molecule has 1 aromatic rings. The standard InChI is InChI=1S/C7H6FNO3/c8-7-3-6(9(11)12)2-1-5(7)4-10/h1-3,10H,4H2. The molecule has 0 amide bonds. The minimum absolute atomic E-state index is 0.0561. The number of non-ortho nitro benzene ring substituents is 1. The van der Waals surface area contributed by atoms with E-state index in [1.54, 1.807) is 0 Å². The SMILES string of the molecule is O=[N+]([O-])c1ccc(CO)c(F)c1. The molecule has 0 aliphatic carbocycles. The van der Waals surface area contributed by atoms with Gasteiger partial charge in [0.1, 0.15) is 5.82 Å². The predicted octanol–water partition coefficient (Wildman–Crippen LogP) is 1.23. The van der Waals surface area contributed by atoms with Crippen molar-refractivity contribution in [3.63, 3.8) is 0 Å². The van der Waals surface area contributed by atoms with E-state index < -0.39 is 17.3 Å². The lowest BCUT2D eigenvalue weighted by Crippen LogP contribution is -1.93. The second-order valence-corrected chi connectivity index (χ2v) is 2.19. The molecule has 0 saturated carbocycles. The van der Waals surface area contributed by atoms with Crippen molar-refractivity contribution < 1.29 is 14.4 Å². The van der Waals surface area contributed by atoms with E-state index in [4.69, 9.17) is 5.11 Å². The number of nitro groups is 1. The Bertz CT molecular complexity index is 314. The maximum atomic E-state index is 12.7. The number of nitrogens with zero attached hydrogens (tertiary/aromatic N) is 1. The highest BCUT2D eigenvalue weighted by molar-refractivity contribution is 5.33. The first kappa shape index (κ1) is 8.61. The first-order valence-electron chi connectivity index (χ1n) is 3.19. The average molecular weight is 171 g/mol.